The molecule has 0 aliphatic heterocycles. The second-order valence-electron chi connectivity index (χ2n) is 4.29. The number of fused-ring (bicyclic) bond motifs is 1. The van der Waals surface area contributed by atoms with Crippen LogP contribution in [-0.4, -0.2) is 28.8 Å². The van der Waals surface area contributed by atoms with Gasteiger partial charge in [0.15, 0.2) is 0 Å². The summed E-state index contributed by atoms with van der Waals surface area (Å²) in [4.78, 5) is 23.2. The fourth-order valence-corrected chi connectivity index (χ4v) is 2.25. The number of aromatic nitrogens is 1. The van der Waals surface area contributed by atoms with E-state index in [-0.39, 0.29) is 5.69 Å². The van der Waals surface area contributed by atoms with Crippen LogP contribution in [0.3, 0.4) is 0 Å². The van der Waals surface area contributed by atoms with Crippen LogP contribution >= 0.6 is 0 Å². The molecule has 1 aromatic heterocycles. The average Bonchev–Trinajstić information content (AvgIpc) is 2.70. The number of carboxylic acid groups (broad SMARTS) is 1. The van der Waals surface area contributed by atoms with Gasteiger partial charge in [0.2, 0.25) is 0 Å². The van der Waals surface area contributed by atoms with Crippen LogP contribution in [0.4, 0.5) is 4.79 Å². The summed E-state index contributed by atoms with van der Waals surface area (Å²) < 4.78 is 5.77. The number of ether oxygens (including phenoxy) is 1. The van der Waals surface area contributed by atoms with E-state index in [1.807, 2.05) is 19.1 Å². The molecule has 19 heavy (non-hydrogen) atoms. The van der Waals surface area contributed by atoms with Crippen LogP contribution in [0, 0.1) is 6.92 Å². The Morgan fingerprint density at radius 3 is 2.58 bits per heavy atom. The van der Waals surface area contributed by atoms with Crippen LogP contribution in [0.2, 0.25) is 0 Å². The zero-order valence-corrected chi connectivity index (χ0v) is 11.1. The number of carboxylic acids is 1. The molecule has 0 radical (unpaired) electrons. The number of aryl methyl sites for hydroxylation is 2. The van der Waals surface area contributed by atoms with Crippen molar-refractivity contribution in [2.45, 2.75) is 20.3 Å². The molecule has 2 rings (SSSR count). The molecule has 0 fully saturated rings. The van der Waals surface area contributed by atoms with E-state index < -0.39 is 12.1 Å². The first-order chi connectivity index (χ1) is 9.01. The summed E-state index contributed by atoms with van der Waals surface area (Å²) in [5, 5.41) is 10.1. The molecule has 0 aliphatic carbocycles. The Balaban J connectivity index is 2.87. The Morgan fingerprint density at radius 1 is 1.37 bits per heavy atom. The van der Waals surface area contributed by atoms with Crippen molar-refractivity contribution < 1.29 is 19.4 Å². The molecule has 0 atom stereocenters. The van der Waals surface area contributed by atoms with Gasteiger partial charge in [-0.05, 0) is 36.6 Å². The highest BCUT2D eigenvalue weighted by Gasteiger charge is 2.24. The predicted octanol–water partition coefficient (Wildman–Crippen LogP) is 2.82. The van der Waals surface area contributed by atoms with Crippen molar-refractivity contribution in [2.24, 2.45) is 0 Å². The first-order valence-electron chi connectivity index (χ1n) is 5.96. The molecule has 1 heterocycles. The first kappa shape index (κ1) is 13.1. The normalized spacial score (nSPS) is 10.7. The lowest BCUT2D eigenvalue weighted by Crippen LogP contribution is -2.17. The number of methoxy groups -OCH3 is 1. The number of nitrogens with zero attached hydrogens (tertiary/aromatic N) is 1. The monoisotopic (exact) mass is 261 g/mol. The van der Waals surface area contributed by atoms with E-state index >= 15 is 0 Å². The molecule has 0 saturated carbocycles. The van der Waals surface area contributed by atoms with Crippen molar-refractivity contribution in [1.82, 2.24) is 4.57 Å². The molecule has 100 valence electrons. The van der Waals surface area contributed by atoms with Crippen molar-refractivity contribution in [3.05, 3.63) is 35.0 Å². The zero-order valence-electron chi connectivity index (χ0n) is 11.1. The summed E-state index contributed by atoms with van der Waals surface area (Å²) in [6.07, 6.45) is 0.154. The fraction of sp³-hybridized carbons (Fsp3) is 0.286. The molecule has 0 aliphatic rings. The van der Waals surface area contributed by atoms with Crippen LogP contribution in [0.15, 0.2) is 18.2 Å². The molecule has 0 saturated heterocycles. The summed E-state index contributed by atoms with van der Waals surface area (Å²) in [6.45, 7) is 3.72. The maximum atomic E-state index is 11.8. The molecule has 1 aromatic carbocycles. The van der Waals surface area contributed by atoms with Gasteiger partial charge in [0, 0.05) is 5.39 Å². The summed E-state index contributed by atoms with van der Waals surface area (Å²) in [5.74, 6) is -1.14. The van der Waals surface area contributed by atoms with Crippen LogP contribution < -0.4 is 0 Å². The minimum absolute atomic E-state index is 0.0462. The van der Waals surface area contributed by atoms with Gasteiger partial charge >= 0.3 is 12.1 Å². The maximum Gasteiger partial charge on any atom is 0.418 e. The SMILES string of the molecule is CCc1ccc2c(c1)c(C)c(C(=O)O)n2C(=O)OC. The van der Waals surface area contributed by atoms with E-state index in [0.29, 0.717) is 11.1 Å². The van der Waals surface area contributed by atoms with E-state index in [1.165, 1.54) is 7.11 Å². The summed E-state index contributed by atoms with van der Waals surface area (Å²) in [5.41, 5.74) is 2.17. The first-order valence-corrected chi connectivity index (χ1v) is 5.96. The molecule has 0 bridgehead atoms. The van der Waals surface area contributed by atoms with Gasteiger partial charge in [0.1, 0.15) is 5.69 Å². The summed E-state index contributed by atoms with van der Waals surface area (Å²) in [7, 11) is 1.23. The van der Waals surface area contributed by atoms with Crippen LogP contribution in [0.5, 0.6) is 0 Å². The highest BCUT2D eigenvalue weighted by molar-refractivity contribution is 6.03. The molecule has 5 nitrogen and oxygen atoms in total. The molecule has 0 unspecified atom stereocenters. The van der Waals surface area contributed by atoms with Crippen molar-refractivity contribution in [2.75, 3.05) is 7.11 Å². The third-order valence-electron chi connectivity index (χ3n) is 3.25. The second-order valence-corrected chi connectivity index (χ2v) is 4.29. The van der Waals surface area contributed by atoms with Crippen LogP contribution in [-0.2, 0) is 11.2 Å². The third kappa shape index (κ3) is 1.97. The standard InChI is InChI=1S/C14H15NO4/c1-4-9-5-6-11-10(7-9)8(2)12(13(16)17)15(11)14(18)19-3/h5-7H,4H2,1-3H3,(H,16,17). The quantitative estimate of drug-likeness (QED) is 0.902. The predicted molar refractivity (Wildman–Crippen MR) is 70.8 cm³/mol. The van der Waals surface area contributed by atoms with E-state index in [2.05, 4.69) is 4.74 Å². The second kappa shape index (κ2) is 4.76. The van der Waals surface area contributed by atoms with Crippen LogP contribution in [0.25, 0.3) is 10.9 Å². The summed E-state index contributed by atoms with van der Waals surface area (Å²) >= 11 is 0. The topological polar surface area (TPSA) is 68.5 Å². The van der Waals surface area contributed by atoms with Gasteiger partial charge in [-0.3, -0.25) is 0 Å². The number of aromatic carboxylic acids is 1. The molecule has 5 heteroatoms. The Hall–Kier alpha value is -2.30. The van der Waals surface area contributed by atoms with Crippen molar-refractivity contribution in [3.8, 4) is 0 Å². The lowest BCUT2D eigenvalue weighted by molar-refractivity contribution is 0.0683. The largest absolute Gasteiger partial charge is 0.477 e. The molecule has 0 spiro atoms. The molecular weight excluding hydrogens is 246 g/mol. The van der Waals surface area contributed by atoms with Gasteiger partial charge < -0.3 is 9.84 Å². The van der Waals surface area contributed by atoms with Crippen molar-refractivity contribution in [1.29, 1.82) is 0 Å². The van der Waals surface area contributed by atoms with E-state index in [4.69, 9.17) is 0 Å². The third-order valence-corrected chi connectivity index (χ3v) is 3.25. The van der Waals surface area contributed by atoms with Gasteiger partial charge in [-0.15, -0.1) is 0 Å². The average molecular weight is 261 g/mol. The van der Waals surface area contributed by atoms with Gasteiger partial charge in [-0.2, -0.15) is 0 Å². The minimum atomic E-state index is -1.14. The Morgan fingerprint density at radius 2 is 2.05 bits per heavy atom. The number of benzene rings is 1. The molecule has 2 aromatic rings. The Labute approximate surface area is 110 Å². The smallest absolute Gasteiger partial charge is 0.418 e. The van der Waals surface area contributed by atoms with Crippen LogP contribution in [0.1, 0.15) is 28.5 Å². The lowest BCUT2D eigenvalue weighted by Gasteiger charge is -2.05. The van der Waals surface area contributed by atoms with E-state index in [9.17, 15) is 14.7 Å². The molecule has 1 N–H and O–H groups in total. The van der Waals surface area contributed by atoms with Gasteiger partial charge in [-0.1, -0.05) is 13.0 Å². The number of rotatable bonds is 2. The molecule has 0 amide bonds. The summed E-state index contributed by atoms with van der Waals surface area (Å²) in [6, 6.07) is 5.55. The number of hydrogen-bond donors (Lipinski definition) is 1. The van der Waals surface area contributed by atoms with Crippen molar-refractivity contribution in [3.63, 3.8) is 0 Å². The number of carbonyl (C=O) groups excluding carboxylic acids is 1. The van der Waals surface area contributed by atoms with Gasteiger partial charge in [-0.25, -0.2) is 14.2 Å². The van der Waals surface area contributed by atoms with Gasteiger partial charge in [0.05, 0.1) is 12.6 Å². The van der Waals surface area contributed by atoms with E-state index in [0.717, 1.165) is 21.9 Å². The fourth-order valence-electron chi connectivity index (χ4n) is 2.25. The molecular formula is C14H15NO4. The van der Waals surface area contributed by atoms with Crippen molar-refractivity contribution >= 4 is 23.0 Å². The Kier molecular flexibility index (Phi) is 3.29. The lowest BCUT2D eigenvalue weighted by atomic mass is 10.1. The zero-order chi connectivity index (χ0) is 14.2. The number of hydrogen-bond acceptors (Lipinski definition) is 3. The highest BCUT2D eigenvalue weighted by atomic mass is 16.5. The number of carbonyl (C=O) groups is 2. The van der Waals surface area contributed by atoms with Gasteiger partial charge in [0.25, 0.3) is 0 Å². The minimum Gasteiger partial charge on any atom is -0.477 e. The Bertz CT molecular complexity index is 670. The van der Waals surface area contributed by atoms with E-state index in [1.54, 1.807) is 13.0 Å². The maximum absolute atomic E-state index is 11.8. The highest BCUT2D eigenvalue weighted by Crippen LogP contribution is 2.27.